The third-order valence-corrected chi connectivity index (χ3v) is 7.66. The second-order valence-electron chi connectivity index (χ2n) is 8.68. The molecule has 0 radical (unpaired) electrons. The Morgan fingerprint density at radius 2 is 1.81 bits per heavy atom. The van der Waals surface area contributed by atoms with Gasteiger partial charge in [0.15, 0.2) is 0 Å². The van der Waals surface area contributed by atoms with Gasteiger partial charge in [-0.05, 0) is 64.0 Å². The highest BCUT2D eigenvalue weighted by Gasteiger charge is 2.26. The Labute approximate surface area is 186 Å². The van der Waals surface area contributed by atoms with E-state index in [0.717, 1.165) is 54.4 Å². The zero-order chi connectivity index (χ0) is 21.2. The molecule has 0 amide bonds. The van der Waals surface area contributed by atoms with Crippen molar-refractivity contribution >= 4 is 17.3 Å². The van der Waals surface area contributed by atoms with Gasteiger partial charge >= 0.3 is 0 Å². The van der Waals surface area contributed by atoms with Crippen LogP contribution >= 0.6 is 11.3 Å². The smallest absolute Gasteiger partial charge is 0.223 e. The lowest BCUT2D eigenvalue weighted by Crippen LogP contribution is -2.29. The first kappa shape index (κ1) is 20.5. The summed E-state index contributed by atoms with van der Waals surface area (Å²) in [5, 5.41) is 4.57. The lowest BCUT2D eigenvalue weighted by molar-refractivity contribution is 0.255. The molecule has 1 saturated heterocycles. The van der Waals surface area contributed by atoms with Crippen LogP contribution in [-0.2, 0) is 0 Å². The van der Waals surface area contributed by atoms with Gasteiger partial charge in [0.2, 0.25) is 5.95 Å². The van der Waals surface area contributed by atoms with Crippen molar-refractivity contribution in [2.24, 2.45) is 0 Å². The lowest BCUT2D eigenvalue weighted by Gasteiger charge is -2.27. The Bertz CT molecular complexity index is 1040. The van der Waals surface area contributed by atoms with Gasteiger partial charge in [0.05, 0.1) is 21.3 Å². The molecule has 5 rings (SSSR count). The maximum atomic E-state index is 14.7. The van der Waals surface area contributed by atoms with Gasteiger partial charge in [-0.25, -0.2) is 19.3 Å². The normalized spacial score (nSPS) is 18.5. The second kappa shape index (κ2) is 9.01. The van der Waals surface area contributed by atoms with Crippen molar-refractivity contribution in [3.63, 3.8) is 0 Å². The number of benzene rings is 1. The molecule has 7 heteroatoms. The summed E-state index contributed by atoms with van der Waals surface area (Å²) in [5.41, 5.74) is 2.05. The van der Waals surface area contributed by atoms with Crippen LogP contribution in [0.15, 0.2) is 36.5 Å². The summed E-state index contributed by atoms with van der Waals surface area (Å²) in [6.07, 6.45) is 8.79. The fraction of sp³-hybridized carbons (Fsp3) is 0.458. The van der Waals surface area contributed by atoms with E-state index in [2.05, 4.69) is 22.2 Å². The van der Waals surface area contributed by atoms with Crippen LogP contribution in [0.1, 0.15) is 49.5 Å². The van der Waals surface area contributed by atoms with Crippen molar-refractivity contribution in [2.75, 3.05) is 25.5 Å². The van der Waals surface area contributed by atoms with Crippen LogP contribution in [0.3, 0.4) is 0 Å². The average Bonchev–Trinajstić information content (AvgIpc) is 3.45. The molecule has 162 valence electrons. The van der Waals surface area contributed by atoms with Crippen molar-refractivity contribution in [3.05, 3.63) is 47.4 Å². The number of anilines is 1. The number of rotatable bonds is 5. The Kier molecular flexibility index (Phi) is 5.96. The minimum absolute atomic E-state index is 0.248. The number of thiazole rings is 1. The molecule has 31 heavy (non-hydrogen) atoms. The van der Waals surface area contributed by atoms with Gasteiger partial charge in [-0.2, -0.15) is 0 Å². The van der Waals surface area contributed by atoms with E-state index in [0.29, 0.717) is 29.2 Å². The number of likely N-dealkylation sites (tertiary alicyclic amines) is 1. The van der Waals surface area contributed by atoms with Gasteiger partial charge in [-0.3, -0.25) is 0 Å². The van der Waals surface area contributed by atoms with Crippen LogP contribution in [0.5, 0.6) is 0 Å². The first-order valence-electron chi connectivity index (χ1n) is 11.2. The van der Waals surface area contributed by atoms with Crippen molar-refractivity contribution in [1.29, 1.82) is 0 Å². The van der Waals surface area contributed by atoms with E-state index in [1.165, 1.54) is 18.9 Å². The van der Waals surface area contributed by atoms with E-state index < -0.39 is 0 Å². The molecule has 3 aromatic rings. The number of hydrogen-bond acceptors (Lipinski definition) is 6. The van der Waals surface area contributed by atoms with E-state index >= 15 is 0 Å². The fourth-order valence-corrected chi connectivity index (χ4v) is 5.80. The zero-order valence-electron chi connectivity index (χ0n) is 17.9. The van der Waals surface area contributed by atoms with Crippen LogP contribution in [0.25, 0.3) is 21.8 Å². The van der Waals surface area contributed by atoms with E-state index in [1.807, 2.05) is 18.2 Å². The summed E-state index contributed by atoms with van der Waals surface area (Å²) in [7, 11) is 2.16. The van der Waals surface area contributed by atoms with E-state index in [4.69, 9.17) is 9.97 Å². The van der Waals surface area contributed by atoms with Crippen LogP contribution in [0, 0.1) is 5.82 Å². The standard InChI is InChI=1S/C24H28FN5S/c1-30-14-11-16(12-15-30)23-29-21(18-8-4-5-9-19(18)25)22(31-23)20-10-13-26-24(28-20)27-17-6-2-3-7-17/h4-5,8-10,13,16-17H,2-3,6-7,11-12,14-15H2,1H3,(H,26,27,28). The molecule has 5 nitrogen and oxygen atoms in total. The van der Waals surface area contributed by atoms with Gasteiger partial charge in [0, 0.05) is 23.7 Å². The van der Waals surface area contributed by atoms with Crippen LogP contribution in [0.4, 0.5) is 10.3 Å². The van der Waals surface area contributed by atoms with Gasteiger partial charge in [0.1, 0.15) is 5.82 Å². The molecule has 0 bridgehead atoms. The van der Waals surface area contributed by atoms with Crippen LogP contribution in [-0.4, -0.2) is 46.0 Å². The number of halogens is 1. The Morgan fingerprint density at radius 3 is 2.58 bits per heavy atom. The number of nitrogens with zero attached hydrogens (tertiary/aromatic N) is 4. The predicted molar refractivity (Wildman–Crippen MR) is 124 cm³/mol. The van der Waals surface area contributed by atoms with Crippen LogP contribution < -0.4 is 5.32 Å². The highest BCUT2D eigenvalue weighted by atomic mass is 32.1. The molecule has 0 spiro atoms. The maximum absolute atomic E-state index is 14.7. The Hall–Kier alpha value is -2.38. The molecule has 2 aromatic heterocycles. The summed E-state index contributed by atoms with van der Waals surface area (Å²) >= 11 is 1.66. The number of aromatic nitrogens is 3. The van der Waals surface area contributed by atoms with Crippen molar-refractivity contribution in [3.8, 4) is 21.8 Å². The molecule has 0 atom stereocenters. The SMILES string of the molecule is CN1CCC(c2nc(-c3ccccc3F)c(-c3ccnc(NC4CCCC4)n3)s2)CC1. The molecular weight excluding hydrogens is 409 g/mol. The number of hydrogen-bond donors (Lipinski definition) is 1. The minimum Gasteiger partial charge on any atom is -0.351 e. The third-order valence-electron chi connectivity index (χ3n) is 6.42. The quantitative estimate of drug-likeness (QED) is 0.565. The average molecular weight is 438 g/mol. The highest BCUT2D eigenvalue weighted by molar-refractivity contribution is 7.15. The summed E-state index contributed by atoms with van der Waals surface area (Å²) in [4.78, 5) is 17.5. The summed E-state index contributed by atoms with van der Waals surface area (Å²) in [6, 6.07) is 9.25. The van der Waals surface area contributed by atoms with Gasteiger partial charge < -0.3 is 10.2 Å². The summed E-state index contributed by atoms with van der Waals surface area (Å²) < 4.78 is 14.7. The van der Waals surface area contributed by atoms with Gasteiger partial charge in [-0.15, -0.1) is 11.3 Å². The molecule has 0 unspecified atom stereocenters. The molecule has 1 aliphatic heterocycles. The molecule has 1 N–H and O–H groups in total. The second-order valence-corrected chi connectivity index (χ2v) is 9.71. The molecule has 1 saturated carbocycles. The summed E-state index contributed by atoms with van der Waals surface area (Å²) in [5.74, 6) is 0.818. The van der Waals surface area contributed by atoms with Gasteiger partial charge in [-0.1, -0.05) is 25.0 Å². The molecule has 1 aromatic carbocycles. The van der Waals surface area contributed by atoms with Gasteiger partial charge in [0.25, 0.3) is 0 Å². The molecule has 3 heterocycles. The molecule has 1 aliphatic carbocycles. The van der Waals surface area contributed by atoms with E-state index in [9.17, 15) is 4.39 Å². The Balaban J connectivity index is 1.53. The van der Waals surface area contributed by atoms with Crippen molar-refractivity contribution < 1.29 is 4.39 Å². The monoisotopic (exact) mass is 437 g/mol. The lowest BCUT2D eigenvalue weighted by atomic mass is 9.98. The predicted octanol–water partition coefficient (Wildman–Crippen LogP) is 5.57. The van der Waals surface area contributed by atoms with E-state index in [1.54, 1.807) is 23.6 Å². The zero-order valence-corrected chi connectivity index (χ0v) is 18.7. The topological polar surface area (TPSA) is 53.9 Å². The van der Waals surface area contributed by atoms with Crippen molar-refractivity contribution in [1.82, 2.24) is 19.9 Å². The maximum Gasteiger partial charge on any atom is 0.223 e. The molecule has 2 aliphatic rings. The number of nitrogens with one attached hydrogen (secondary N) is 1. The minimum atomic E-state index is -0.248. The summed E-state index contributed by atoms with van der Waals surface area (Å²) in [6.45, 7) is 2.13. The molecular formula is C24H28FN5S. The third kappa shape index (κ3) is 4.48. The number of piperidine rings is 1. The first-order chi connectivity index (χ1) is 15.2. The van der Waals surface area contributed by atoms with E-state index in [-0.39, 0.29) is 5.82 Å². The van der Waals surface area contributed by atoms with Crippen LogP contribution in [0.2, 0.25) is 0 Å². The molecule has 2 fully saturated rings. The highest BCUT2D eigenvalue weighted by Crippen LogP contribution is 2.41. The fourth-order valence-electron chi connectivity index (χ4n) is 4.58. The first-order valence-corrected chi connectivity index (χ1v) is 12.0. The Morgan fingerprint density at radius 1 is 1.03 bits per heavy atom. The van der Waals surface area contributed by atoms with Crippen molar-refractivity contribution in [2.45, 2.75) is 50.5 Å². The largest absolute Gasteiger partial charge is 0.351 e.